The Morgan fingerprint density at radius 1 is 1.00 bits per heavy atom. The van der Waals surface area contributed by atoms with E-state index >= 15 is 0 Å². The lowest BCUT2D eigenvalue weighted by molar-refractivity contribution is -0.174. The molecule has 1 aromatic carbocycles. The predicted molar refractivity (Wildman–Crippen MR) is 128 cm³/mol. The average molecular weight is 542 g/mol. The van der Waals surface area contributed by atoms with Crippen LogP contribution in [0.5, 0.6) is 0 Å². The van der Waals surface area contributed by atoms with E-state index in [-0.39, 0.29) is 19.6 Å². The molecule has 10 heteroatoms. The lowest BCUT2D eigenvalue weighted by Gasteiger charge is -2.36. The molecule has 188 valence electrons. The number of methoxy groups -OCH3 is 1. The standard InChI is InChI=1S/C24H32BrNO8/c1-7-32-20(28)24(21(29)33-8-2,15-9-10-18(27)31-6)19(16-11-13-17(25)14-12-16)26-22(30)34-23(3,4)5/h9-14,19H,7-8,15H2,1-6H3,(H,26,30)/b10-9+/t19-/m1/s1. The number of benzene rings is 1. The Hall–Kier alpha value is -2.88. The minimum Gasteiger partial charge on any atom is -0.466 e. The summed E-state index contributed by atoms with van der Waals surface area (Å²) in [5.74, 6) is -2.53. The summed E-state index contributed by atoms with van der Waals surface area (Å²) in [6, 6.07) is 5.43. The summed E-state index contributed by atoms with van der Waals surface area (Å²) in [6.07, 6.45) is 1.22. The summed E-state index contributed by atoms with van der Waals surface area (Å²) in [7, 11) is 1.20. The number of hydrogen-bond donors (Lipinski definition) is 1. The van der Waals surface area contributed by atoms with E-state index < -0.39 is 41.1 Å². The van der Waals surface area contributed by atoms with E-state index in [1.807, 2.05) is 0 Å². The van der Waals surface area contributed by atoms with E-state index in [1.54, 1.807) is 58.9 Å². The first-order valence-electron chi connectivity index (χ1n) is 10.7. The van der Waals surface area contributed by atoms with Crippen molar-refractivity contribution in [2.24, 2.45) is 5.41 Å². The summed E-state index contributed by atoms with van der Waals surface area (Å²) < 4.78 is 21.3. The lowest BCUT2D eigenvalue weighted by Crippen LogP contribution is -2.53. The Kier molecular flexibility index (Phi) is 11.3. The summed E-state index contributed by atoms with van der Waals surface area (Å²) in [6.45, 7) is 8.18. The van der Waals surface area contributed by atoms with E-state index in [9.17, 15) is 19.2 Å². The zero-order chi connectivity index (χ0) is 25.9. The van der Waals surface area contributed by atoms with Gasteiger partial charge in [-0.25, -0.2) is 9.59 Å². The fraction of sp³-hybridized carbons (Fsp3) is 0.500. The highest BCUT2D eigenvalue weighted by molar-refractivity contribution is 9.10. The van der Waals surface area contributed by atoms with Gasteiger partial charge in [-0.2, -0.15) is 0 Å². The lowest BCUT2D eigenvalue weighted by atomic mass is 9.73. The highest BCUT2D eigenvalue weighted by Gasteiger charge is 2.56. The van der Waals surface area contributed by atoms with Gasteiger partial charge in [-0.15, -0.1) is 0 Å². The summed E-state index contributed by atoms with van der Waals surface area (Å²) >= 11 is 3.35. The number of carbonyl (C=O) groups is 4. The van der Waals surface area contributed by atoms with Gasteiger partial charge in [0.05, 0.1) is 26.4 Å². The van der Waals surface area contributed by atoms with E-state index in [1.165, 1.54) is 13.2 Å². The maximum absolute atomic E-state index is 13.4. The van der Waals surface area contributed by atoms with Crippen LogP contribution in [0.15, 0.2) is 40.9 Å². The molecule has 0 fully saturated rings. The van der Waals surface area contributed by atoms with Crippen LogP contribution in [-0.4, -0.2) is 49.9 Å². The number of rotatable bonds is 10. The SMILES string of the molecule is CCOC(=O)C(C/C=C/C(=O)OC)(C(=O)OCC)[C@H](NC(=O)OC(C)(C)C)c1ccc(Br)cc1. The Morgan fingerprint density at radius 3 is 1.97 bits per heavy atom. The normalized spacial score (nSPS) is 12.6. The van der Waals surface area contributed by atoms with Crippen molar-refractivity contribution in [3.8, 4) is 0 Å². The highest BCUT2D eigenvalue weighted by Crippen LogP contribution is 2.41. The first-order valence-corrected chi connectivity index (χ1v) is 11.5. The number of amides is 1. The van der Waals surface area contributed by atoms with Gasteiger partial charge in [-0.1, -0.05) is 34.1 Å². The summed E-state index contributed by atoms with van der Waals surface area (Å²) in [5.41, 5.74) is -2.49. The van der Waals surface area contributed by atoms with Crippen molar-refractivity contribution in [2.75, 3.05) is 20.3 Å². The number of nitrogens with one attached hydrogen (secondary N) is 1. The number of hydrogen-bond acceptors (Lipinski definition) is 8. The van der Waals surface area contributed by atoms with Crippen LogP contribution in [0, 0.1) is 5.41 Å². The van der Waals surface area contributed by atoms with Gasteiger partial charge in [0.25, 0.3) is 0 Å². The van der Waals surface area contributed by atoms with E-state index in [2.05, 4.69) is 26.0 Å². The second-order valence-electron chi connectivity index (χ2n) is 8.17. The van der Waals surface area contributed by atoms with Crippen LogP contribution in [0.4, 0.5) is 4.79 Å². The second-order valence-corrected chi connectivity index (χ2v) is 9.09. The molecule has 1 amide bonds. The zero-order valence-corrected chi connectivity index (χ0v) is 21.9. The Labute approximate surface area is 208 Å². The van der Waals surface area contributed by atoms with Gasteiger partial charge in [0.2, 0.25) is 0 Å². The van der Waals surface area contributed by atoms with Gasteiger partial charge >= 0.3 is 24.0 Å². The molecule has 1 aromatic rings. The van der Waals surface area contributed by atoms with E-state index in [0.717, 1.165) is 10.5 Å². The third-order valence-corrected chi connectivity index (χ3v) is 5.06. The number of allylic oxidation sites excluding steroid dienone is 1. The first kappa shape index (κ1) is 29.2. The average Bonchev–Trinajstić information content (AvgIpc) is 2.75. The van der Waals surface area contributed by atoms with Crippen LogP contribution in [0.3, 0.4) is 0 Å². The molecule has 34 heavy (non-hydrogen) atoms. The highest BCUT2D eigenvalue weighted by atomic mass is 79.9. The van der Waals surface area contributed by atoms with Crippen molar-refractivity contribution >= 4 is 39.9 Å². The summed E-state index contributed by atoms with van der Waals surface area (Å²) in [5, 5.41) is 2.65. The third kappa shape index (κ3) is 8.16. The number of alkyl carbamates (subject to hydrolysis) is 1. The Bertz CT molecular complexity index is 871. The molecule has 0 radical (unpaired) electrons. The molecule has 0 aliphatic heterocycles. The molecular weight excluding hydrogens is 510 g/mol. The van der Waals surface area contributed by atoms with Crippen LogP contribution in [-0.2, 0) is 33.3 Å². The molecule has 0 spiro atoms. The molecule has 9 nitrogen and oxygen atoms in total. The van der Waals surface area contributed by atoms with E-state index in [4.69, 9.17) is 14.2 Å². The molecule has 0 saturated heterocycles. The smallest absolute Gasteiger partial charge is 0.408 e. The van der Waals surface area contributed by atoms with Gasteiger partial charge in [0.1, 0.15) is 5.60 Å². The molecule has 0 aliphatic carbocycles. The van der Waals surface area contributed by atoms with Crippen LogP contribution >= 0.6 is 15.9 Å². The number of carbonyl (C=O) groups excluding carboxylic acids is 4. The molecule has 0 heterocycles. The number of halogens is 1. The Morgan fingerprint density at radius 2 is 1.53 bits per heavy atom. The zero-order valence-electron chi connectivity index (χ0n) is 20.3. The molecule has 0 bridgehead atoms. The fourth-order valence-corrected chi connectivity index (χ4v) is 3.37. The van der Waals surface area contributed by atoms with Gasteiger partial charge in [0, 0.05) is 10.5 Å². The van der Waals surface area contributed by atoms with Gasteiger partial charge < -0.3 is 24.3 Å². The molecule has 0 aliphatic rings. The largest absolute Gasteiger partial charge is 0.466 e. The van der Waals surface area contributed by atoms with Gasteiger partial charge in [-0.3, -0.25) is 9.59 Å². The van der Waals surface area contributed by atoms with Crippen molar-refractivity contribution < 1.29 is 38.1 Å². The molecule has 0 saturated carbocycles. The fourth-order valence-electron chi connectivity index (χ4n) is 3.10. The molecule has 1 N–H and O–H groups in total. The molecule has 0 aromatic heterocycles. The van der Waals surface area contributed by atoms with Gasteiger partial charge in [0.15, 0.2) is 5.41 Å². The summed E-state index contributed by atoms with van der Waals surface area (Å²) in [4.78, 5) is 51.3. The topological polar surface area (TPSA) is 117 Å². The quantitative estimate of drug-likeness (QED) is 0.202. The van der Waals surface area contributed by atoms with Gasteiger partial charge in [-0.05, 0) is 58.7 Å². The van der Waals surface area contributed by atoms with Crippen molar-refractivity contribution in [2.45, 2.75) is 52.7 Å². The van der Waals surface area contributed by atoms with Crippen LogP contribution in [0.1, 0.15) is 52.6 Å². The molecule has 1 rings (SSSR count). The second kappa shape index (κ2) is 13.1. The van der Waals surface area contributed by atoms with E-state index in [0.29, 0.717) is 5.56 Å². The predicted octanol–water partition coefficient (Wildman–Crippen LogP) is 4.25. The minimum absolute atomic E-state index is 0.0276. The van der Waals surface area contributed by atoms with Crippen LogP contribution in [0.2, 0.25) is 0 Å². The van der Waals surface area contributed by atoms with Crippen molar-refractivity contribution in [1.29, 1.82) is 0 Å². The molecular formula is C24H32BrNO8. The maximum Gasteiger partial charge on any atom is 0.408 e. The first-order chi connectivity index (χ1) is 15.9. The third-order valence-electron chi connectivity index (χ3n) is 4.53. The van der Waals surface area contributed by atoms with Crippen molar-refractivity contribution in [1.82, 2.24) is 5.32 Å². The van der Waals surface area contributed by atoms with Crippen LogP contribution in [0.25, 0.3) is 0 Å². The molecule has 0 unspecified atom stereocenters. The van der Waals surface area contributed by atoms with Crippen molar-refractivity contribution in [3.63, 3.8) is 0 Å². The number of esters is 3. The van der Waals surface area contributed by atoms with Crippen molar-refractivity contribution in [3.05, 3.63) is 46.5 Å². The monoisotopic (exact) mass is 541 g/mol. The molecule has 1 atom stereocenters. The minimum atomic E-state index is -2.07. The maximum atomic E-state index is 13.4. The Balaban J connectivity index is 3.76. The van der Waals surface area contributed by atoms with Crippen LogP contribution < -0.4 is 5.32 Å². The number of ether oxygens (including phenoxy) is 4.